The number of aryl methyl sites for hydroxylation is 1. The summed E-state index contributed by atoms with van der Waals surface area (Å²) in [6.45, 7) is 8.65. The summed E-state index contributed by atoms with van der Waals surface area (Å²) in [5, 5.41) is 1.64. The maximum Gasteiger partial charge on any atom is 0.300 e. The minimum absolute atomic E-state index is 0.0714. The third-order valence-electron chi connectivity index (χ3n) is 13.9. The molecule has 64 heavy (non-hydrogen) atoms. The number of benzene rings is 7. The Morgan fingerprint density at radius 3 is 2.02 bits per heavy atom. The predicted octanol–water partition coefficient (Wildman–Crippen LogP) is 14.8. The number of aromatic nitrogens is 1. The molecule has 2 atom stereocenters. The first kappa shape index (κ1) is 35.4. The molecule has 0 saturated heterocycles. The van der Waals surface area contributed by atoms with Crippen molar-refractivity contribution in [2.24, 2.45) is 0 Å². The Labute approximate surface area is 374 Å². The second-order valence-electron chi connectivity index (χ2n) is 18.2. The van der Waals surface area contributed by atoms with E-state index in [2.05, 4.69) is 99.0 Å². The Morgan fingerprint density at radius 2 is 1.30 bits per heavy atom. The number of para-hydroxylation sites is 2. The topological polar surface area (TPSA) is 23.5 Å². The van der Waals surface area contributed by atoms with Gasteiger partial charge in [-0.25, -0.2) is 13.2 Å². The van der Waals surface area contributed by atoms with Gasteiger partial charge in [0.2, 0.25) is 5.69 Å². The van der Waals surface area contributed by atoms with Crippen LogP contribution in [0.5, 0.6) is 0 Å². The van der Waals surface area contributed by atoms with Gasteiger partial charge in [0.15, 0.2) is 11.9 Å². The van der Waals surface area contributed by atoms with E-state index in [1.807, 2.05) is 53.1 Å². The molecule has 2 aromatic heterocycles. The molecular formula is C57H45F3N3O+. The van der Waals surface area contributed by atoms with Crippen LogP contribution in [0.4, 0.5) is 30.2 Å². The summed E-state index contributed by atoms with van der Waals surface area (Å²) in [6, 6.07) is 44.9. The Bertz CT molecular complexity index is 3520. The van der Waals surface area contributed by atoms with E-state index in [0.29, 0.717) is 27.9 Å². The molecule has 0 aliphatic carbocycles. The van der Waals surface area contributed by atoms with Gasteiger partial charge in [-0.05, 0) is 144 Å². The molecule has 7 heteroatoms. The summed E-state index contributed by atoms with van der Waals surface area (Å²) in [5.74, 6) is -1.64. The molecule has 314 valence electrons. The molecule has 3 aliphatic heterocycles. The first-order chi connectivity index (χ1) is 32.1. The van der Waals surface area contributed by atoms with Crippen molar-refractivity contribution in [1.29, 1.82) is 0 Å². The van der Waals surface area contributed by atoms with Crippen LogP contribution < -0.4 is 14.4 Å². The molecule has 0 bridgehead atoms. The quantitative estimate of drug-likeness (QED) is 0.161. The summed E-state index contributed by atoms with van der Waals surface area (Å²) >= 11 is 0. The Kier molecular flexibility index (Phi) is 7.43. The SMILES string of the molecule is [2H]C([2H])([2H])c1ccc2[n+](c1)C1(c3cc(F)ccc3-2)c2ccc3c(oc4cc(-c5cc(F)cc(F)c5)ccc43)c2C2(C)N(c3c(C(C)C)cc(-c4ccccc4)cc3C(C)C)c3ccccc3N21. The van der Waals surface area contributed by atoms with E-state index >= 15 is 4.39 Å². The third kappa shape index (κ3) is 5.04. The van der Waals surface area contributed by atoms with Crippen LogP contribution in [0.2, 0.25) is 0 Å². The van der Waals surface area contributed by atoms with Crippen LogP contribution in [0.25, 0.3) is 55.4 Å². The number of pyridine rings is 1. The molecule has 7 aromatic carbocycles. The van der Waals surface area contributed by atoms with Gasteiger partial charge in [0.05, 0.1) is 39.3 Å². The lowest BCUT2D eigenvalue weighted by Crippen LogP contribution is -2.66. The first-order valence-electron chi connectivity index (χ1n) is 23.4. The fourth-order valence-corrected chi connectivity index (χ4v) is 11.3. The molecule has 0 N–H and O–H groups in total. The lowest BCUT2D eigenvalue weighted by molar-refractivity contribution is -0.727. The van der Waals surface area contributed by atoms with E-state index in [1.165, 1.54) is 18.2 Å². The number of anilines is 3. The van der Waals surface area contributed by atoms with Gasteiger partial charge < -0.3 is 9.32 Å². The van der Waals surface area contributed by atoms with Gasteiger partial charge in [0.1, 0.15) is 28.6 Å². The molecule has 0 saturated carbocycles. The summed E-state index contributed by atoms with van der Waals surface area (Å²) < 4.78 is 80.6. The average molecular weight is 848 g/mol. The van der Waals surface area contributed by atoms with Crippen molar-refractivity contribution in [2.75, 3.05) is 9.80 Å². The Balaban J connectivity index is 1.24. The van der Waals surface area contributed by atoms with Crippen LogP contribution in [0.15, 0.2) is 156 Å². The molecular weight excluding hydrogens is 800 g/mol. The van der Waals surface area contributed by atoms with Crippen molar-refractivity contribution >= 4 is 39.0 Å². The van der Waals surface area contributed by atoms with E-state index in [0.717, 1.165) is 78.5 Å². The standard InChI is InChI=1S/C57H45F3N3O/c1-32(2)45-26-38(35-12-8-7-9-13-35)27-46(33(3)4)54(45)62-50-14-10-11-15-51(50)63-56(62,6)53-47(57(63)48-30-39(58)18-20-44(48)49-23-16-34(5)31-61(49)57)22-21-43-42-19-17-36(28-52(42)64-55(43)53)37-24-40(59)29-41(60)25-37/h7-33H,1-6H3/q+1/i5D3. The minimum atomic E-state index is -2.45. The van der Waals surface area contributed by atoms with Gasteiger partial charge in [-0.2, -0.15) is 4.57 Å². The fraction of sp³-hybridized carbons (Fsp3) is 0.175. The highest BCUT2D eigenvalue weighted by Crippen LogP contribution is 2.68. The molecule has 12 rings (SSSR count). The summed E-state index contributed by atoms with van der Waals surface area (Å²) in [4.78, 5) is 4.82. The summed E-state index contributed by atoms with van der Waals surface area (Å²) in [7, 11) is 0. The maximum atomic E-state index is 16.2. The highest BCUT2D eigenvalue weighted by molar-refractivity contribution is 6.09. The Hall–Kier alpha value is -7.12. The highest BCUT2D eigenvalue weighted by atomic mass is 19.1. The zero-order chi connectivity index (χ0) is 46.5. The normalized spacial score (nSPS) is 19.0. The molecule has 0 fully saturated rings. The largest absolute Gasteiger partial charge is 0.456 e. The van der Waals surface area contributed by atoms with E-state index in [4.69, 9.17) is 8.53 Å². The first-order valence-corrected chi connectivity index (χ1v) is 21.9. The number of hydrogen-bond donors (Lipinski definition) is 0. The maximum absolute atomic E-state index is 16.2. The van der Waals surface area contributed by atoms with Crippen molar-refractivity contribution in [3.05, 3.63) is 203 Å². The van der Waals surface area contributed by atoms with Crippen LogP contribution >= 0.6 is 0 Å². The lowest BCUT2D eigenvalue weighted by Gasteiger charge is -2.43. The van der Waals surface area contributed by atoms with Crippen LogP contribution in [0.1, 0.15) is 83.9 Å². The van der Waals surface area contributed by atoms with E-state index < -0.39 is 35.6 Å². The Morgan fingerprint density at radius 1 is 0.609 bits per heavy atom. The summed E-state index contributed by atoms with van der Waals surface area (Å²) in [5.41, 5.74) is 10.9. The predicted molar refractivity (Wildman–Crippen MR) is 250 cm³/mol. The number of furan rings is 1. The molecule has 4 nitrogen and oxygen atoms in total. The van der Waals surface area contributed by atoms with Crippen LogP contribution in [0, 0.1) is 24.3 Å². The number of halogens is 3. The second kappa shape index (κ2) is 13.4. The third-order valence-corrected chi connectivity index (χ3v) is 13.9. The van der Waals surface area contributed by atoms with Crippen LogP contribution in [0.3, 0.4) is 0 Å². The van der Waals surface area contributed by atoms with Crippen molar-refractivity contribution in [3.8, 4) is 33.5 Å². The number of hydrogen-bond acceptors (Lipinski definition) is 3. The molecule has 2 unspecified atom stereocenters. The van der Waals surface area contributed by atoms with Gasteiger partial charge in [-0.15, -0.1) is 0 Å². The number of nitrogens with zero attached hydrogens (tertiary/aromatic N) is 3. The van der Waals surface area contributed by atoms with Gasteiger partial charge in [0.25, 0.3) is 0 Å². The van der Waals surface area contributed by atoms with Crippen LogP contribution in [-0.4, -0.2) is 0 Å². The monoisotopic (exact) mass is 847 g/mol. The number of fused-ring (bicyclic) bond motifs is 16. The van der Waals surface area contributed by atoms with Crippen molar-refractivity contribution in [3.63, 3.8) is 0 Å². The van der Waals surface area contributed by atoms with E-state index in [-0.39, 0.29) is 17.4 Å². The van der Waals surface area contributed by atoms with Gasteiger partial charge in [-0.3, -0.25) is 4.90 Å². The molecule has 9 aromatic rings. The molecule has 1 spiro atoms. The minimum Gasteiger partial charge on any atom is -0.456 e. The average Bonchev–Trinajstić information content (AvgIpc) is 3.96. The molecule has 3 aliphatic rings. The van der Waals surface area contributed by atoms with E-state index in [1.54, 1.807) is 24.4 Å². The smallest absolute Gasteiger partial charge is 0.300 e. The highest BCUT2D eigenvalue weighted by Gasteiger charge is 2.73. The van der Waals surface area contributed by atoms with Crippen molar-refractivity contribution in [2.45, 2.75) is 64.6 Å². The molecule has 0 radical (unpaired) electrons. The lowest BCUT2D eigenvalue weighted by atomic mass is 9.85. The van der Waals surface area contributed by atoms with Crippen molar-refractivity contribution in [1.82, 2.24) is 0 Å². The summed E-state index contributed by atoms with van der Waals surface area (Å²) in [6.07, 6.45) is 1.72. The van der Waals surface area contributed by atoms with Gasteiger partial charge in [-0.1, -0.05) is 76.2 Å². The zero-order valence-corrected chi connectivity index (χ0v) is 36.0. The zero-order valence-electron chi connectivity index (χ0n) is 39.0. The number of rotatable bonds is 5. The van der Waals surface area contributed by atoms with Gasteiger partial charge in [0, 0.05) is 32.6 Å². The molecule has 0 amide bonds. The second-order valence-corrected chi connectivity index (χ2v) is 18.2. The van der Waals surface area contributed by atoms with Gasteiger partial charge >= 0.3 is 5.66 Å². The molecule has 5 heterocycles. The van der Waals surface area contributed by atoms with Crippen molar-refractivity contribution < 1.29 is 26.3 Å². The van der Waals surface area contributed by atoms with E-state index in [9.17, 15) is 8.78 Å². The fourth-order valence-electron chi connectivity index (χ4n) is 11.3. The van der Waals surface area contributed by atoms with Crippen LogP contribution in [-0.2, 0) is 11.3 Å².